The summed E-state index contributed by atoms with van der Waals surface area (Å²) in [6.07, 6.45) is 6.55. The van der Waals surface area contributed by atoms with Gasteiger partial charge in [-0.2, -0.15) is 0 Å². The van der Waals surface area contributed by atoms with Crippen molar-refractivity contribution < 1.29 is 0 Å². The molecule has 2 aliphatic rings. The highest BCUT2D eigenvalue weighted by Gasteiger charge is 2.39. The molecule has 5 heteroatoms. The molecule has 0 amide bonds. The minimum absolute atomic E-state index is 0.237. The molecule has 0 bridgehead atoms. The van der Waals surface area contributed by atoms with E-state index in [0.717, 1.165) is 12.5 Å². The van der Waals surface area contributed by atoms with Crippen molar-refractivity contribution in [2.45, 2.75) is 50.6 Å². The first-order valence-electron chi connectivity index (χ1n) is 10.6. The highest BCUT2D eigenvalue weighted by Crippen LogP contribution is 2.30. The monoisotopic (exact) mass is 371 g/mol. The quantitative estimate of drug-likeness (QED) is 0.617. The molecule has 1 atom stereocenters. The van der Waals surface area contributed by atoms with Gasteiger partial charge in [0, 0.05) is 19.1 Å². The molecule has 1 unspecified atom stereocenters. The molecule has 2 N–H and O–H groups in total. The molecule has 2 aliphatic heterocycles. The molecule has 150 valence electrons. The normalized spacial score (nSPS) is 23.0. The van der Waals surface area contributed by atoms with Crippen LogP contribution in [0.15, 0.2) is 35.3 Å². The van der Waals surface area contributed by atoms with Gasteiger partial charge >= 0.3 is 0 Å². The minimum atomic E-state index is 0.237. The van der Waals surface area contributed by atoms with Crippen LogP contribution in [0.4, 0.5) is 0 Å². The Kier molecular flexibility index (Phi) is 7.13. The topological polar surface area (TPSA) is 42.9 Å². The van der Waals surface area contributed by atoms with E-state index in [1.54, 1.807) is 0 Å². The standard InChI is InChI=1S/C22H37N5/c1-19(20-10-6-4-7-11-20)25-21(23-2)24-18-22(12-16-26(3)17-13-22)27-14-8-5-9-15-27/h4,6-7,10-11,19H,5,8-9,12-18H2,1-3H3,(H2,23,24,25). The molecule has 27 heavy (non-hydrogen) atoms. The third-order valence-corrected chi connectivity index (χ3v) is 6.41. The molecule has 0 spiro atoms. The Morgan fingerprint density at radius 1 is 1.07 bits per heavy atom. The summed E-state index contributed by atoms with van der Waals surface area (Å²) < 4.78 is 0. The van der Waals surface area contributed by atoms with Gasteiger partial charge in [-0.3, -0.25) is 9.89 Å². The SMILES string of the molecule is CN=C(NCC1(N2CCCCC2)CCN(C)CC1)NC(C)c1ccccc1. The maximum absolute atomic E-state index is 4.49. The predicted molar refractivity (Wildman–Crippen MR) is 114 cm³/mol. The van der Waals surface area contributed by atoms with Crippen molar-refractivity contribution in [2.24, 2.45) is 4.99 Å². The number of nitrogens with one attached hydrogen (secondary N) is 2. The fourth-order valence-corrected chi connectivity index (χ4v) is 4.48. The number of piperidine rings is 2. The first-order chi connectivity index (χ1) is 13.1. The first-order valence-corrected chi connectivity index (χ1v) is 10.6. The van der Waals surface area contributed by atoms with Gasteiger partial charge in [0.15, 0.2) is 5.96 Å². The summed E-state index contributed by atoms with van der Waals surface area (Å²) in [6.45, 7) is 8.03. The highest BCUT2D eigenvalue weighted by atomic mass is 15.3. The number of guanidine groups is 1. The summed E-state index contributed by atoms with van der Waals surface area (Å²) in [7, 11) is 4.12. The molecular weight excluding hydrogens is 334 g/mol. The van der Waals surface area contributed by atoms with Crippen molar-refractivity contribution in [3.8, 4) is 0 Å². The second-order valence-electron chi connectivity index (χ2n) is 8.28. The summed E-state index contributed by atoms with van der Waals surface area (Å²) in [6, 6.07) is 10.8. The van der Waals surface area contributed by atoms with Crippen LogP contribution in [0.1, 0.15) is 50.6 Å². The minimum Gasteiger partial charge on any atom is -0.355 e. The number of hydrogen-bond donors (Lipinski definition) is 2. The Morgan fingerprint density at radius 2 is 1.74 bits per heavy atom. The van der Waals surface area contributed by atoms with Gasteiger partial charge in [-0.25, -0.2) is 0 Å². The number of nitrogens with zero attached hydrogens (tertiary/aromatic N) is 3. The van der Waals surface area contributed by atoms with Crippen LogP contribution >= 0.6 is 0 Å². The molecule has 2 heterocycles. The Labute approximate surface area is 165 Å². The number of rotatable bonds is 5. The van der Waals surface area contributed by atoms with E-state index in [9.17, 15) is 0 Å². The van der Waals surface area contributed by atoms with E-state index in [0.29, 0.717) is 0 Å². The first kappa shape index (κ1) is 20.2. The van der Waals surface area contributed by atoms with Gasteiger partial charge in [-0.1, -0.05) is 36.8 Å². The molecule has 2 fully saturated rings. The largest absolute Gasteiger partial charge is 0.355 e. The second kappa shape index (κ2) is 9.56. The predicted octanol–water partition coefficient (Wildman–Crippen LogP) is 2.86. The van der Waals surface area contributed by atoms with Crippen molar-refractivity contribution in [1.29, 1.82) is 0 Å². The van der Waals surface area contributed by atoms with E-state index in [-0.39, 0.29) is 11.6 Å². The van der Waals surface area contributed by atoms with Crippen LogP contribution in [-0.2, 0) is 0 Å². The van der Waals surface area contributed by atoms with Gasteiger partial charge in [0.05, 0.1) is 6.04 Å². The number of likely N-dealkylation sites (tertiary alicyclic amines) is 2. The van der Waals surface area contributed by atoms with Crippen LogP contribution in [0, 0.1) is 0 Å². The lowest BCUT2D eigenvalue weighted by Gasteiger charge is -2.50. The highest BCUT2D eigenvalue weighted by molar-refractivity contribution is 5.80. The molecule has 0 aromatic heterocycles. The Morgan fingerprint density at radius 3 is 2.37 bits per heavy atom. The Bertz CT molecular complexity index is 586. The smallest absolute Gasteiger partial charge is 0.191 e. The lowest BCUT2D eigenvalue weighted by molar-refractivity contribution is 0.0173. The van der Waals surface area contributed by atoms with Gasteiger partial charge in [-0.15, -0.1) is 0 Å². The Balaban J connectivity index is 1.63. The van der Waals surface area contributed by atoms with E-state index in [1.165, 1.54) is 63.8 Å². The van der Waals surface area contributed by atoms with Gasteiger partial charge < -0.3 is 15.5 Å². The van der Waals surface area contributed by atoms with Crippen molar-refractivity contribution in [1.82, 2.24) is 20.4 Å². The lowest BCUT2D eigenvalue weighted by atomic mass is 9.84. The van der Waals surface area contributed by atoms with E-state index < -0.39 is 0 Å². The molecule has 1 aromatic carbocycles. The summed E-state index contributed by atoms with van der Waals surface area (Å²) >= 11 is 0. The lowest BCUT2D eigenvalue weighted by Crippen LogP contribution is -2.62. The molecule has 1 aromatic rings. The fourth-order valence-electron chi connectivity index (χ4n) is 4.48. The van der Waals surface area contributed by atoms with Crippen molar-refractivity contribution in [3.05, 3.63) is 35.9 Å². The Hall–Kier alpha value is -1.59. The maximum Gasteiger partial charge on any atom is 0.191 e. The van der Waals surface area contributed by atoms with Crippen molar-refractivity contribution in [3.63, 3.8) is 0 Å². The van der Waals surface area contributed by atoms with E-state index in [1.807, 2.05) is 7.05 Å². The molecule has 0 saturated carbocycles. The molecule has 5 nitrogen and oxygen atoms in total. The molecule has 0 radical (unpaired) electrons. The number of aliphatic imine (C=N–C) groups is 1. The maximum atomic E-state index is 4.49. The van der Waals surface area contributed by atoms with Crippen LogP contribution < -0.4 is 10.6 Å². The molecule has 3 rings (SSSR count). The molecular formula is C22H37N5. The average molecular weight is 372 g/mol. The van der Waals surface area contributed by atoms with Gasteiger partial charge in [0.1, 0.15) is 0 Å². The molecule has 2 saturated heterocycles. The van der Waals surface area contributed by atoms with Crippen molar-refractivity contribution >= 4 is 5.96 Å². The third-order valence-electron chi connectivity index (χ3n) is 6.41. The fraction of sp³-hybridized carbons (Fsp3) is 0.682. The van der Waals surface area contributed by atoms with Crippen LogP contribution in [0.25, 0.3) is 0 Å². The van der Waals surface area contributed by atoms with E-state index in [2.05, 4.69) is 69.7 Å². The van der Waals surface area contributed by atoms with E-state index >= 15 is 0 Å². The van der Waals surface area contributed by atoms with Crippen molar-refractivity contribution in [2.75, 3.05) is 46.8 Å². The zero-order valence-corrected chi connectivity index (χ0v) is 17.4. The molecule has 0 aliphatic carbocycles. The third kappa shape index (κ3) is 5.23. The van der Waals surface area contributed by atoms with Gasteiger partial charge in [0.25, 0.3) is 0 Å². The van der Waals surface area contributed by atoms with Gasteiger partial charge in [-0.05, 0) is 71.4 Å². The van der Waals surface area contributed by atoms with Crippen LogP contribution in [0.3, 0.4) is 0 Å². The average Bonchev–Trinajstić information content (AvgIpc) is 2.73. The summed E-state index contributed by atoms with van der Waals surface area (Å²) in [4.78, 5) is 9.73. The summed E-state index contributed by atoms with van der Waals surface area (Å²) in [5.74, 6) is 0.904. The summed E-state index contributed by atoms with van der Waals surface area (Å²) in [5.41, 5.74) is 1.55. The van der Waals surface area contributed by atoms with Crippen LogP contribution in [0.5, 0.6) is 0 Å². The zero-order chi connectivity index (χ0) is 19.1. The van der Waals surface area contributed by atoms with Gasteiger partial charge in [0.2, 0.25) is 0 Å². The summed E-state index contributed by atoms with van der Waals surface area (Å²) in [5, 5.41) is 7.23. The second-order valence-corrected chi connectivity index (χ2v) is 8.28. The van der Waals surface area contributed by atoms with Crippen LogP contribution in [-0.4, -0.2) is 68.1 Å². The van der Waals surface area contributed by atoms with Crippen LogP contribution in [0.2, 0.25) is 0 Å². The number of benzene rings is 1. The zero-order valence-electron chi connectivity index (χ0n) is 17.4. The van der Waals surface area contributed by atoms with E-state index in [4.69, 9.17) is 0 Å². The number of hydrogen-bond acceptors (Lipinski definition) is 3.